The standard InChI is InChI=1S/C23H14BrClO4/c1-13-5-10-19-18(11-13)20(26)22(21(28-19)14-6-8-17(25)9-7-14)29-23(27)15-3-2-4-16(24)12-15/h2-12H,1H3. The summed E-state index contributed by atoms with van der Waals surface area (Å²) in [5.41, 5.74) is 1.78. The van der Waals surface area contributed by atoms with Crippen LogP contribution in [0.25, 0.3) is 22.3 Å². The van der Waals surface area contributed by atoms with E-state index in [4.69, 9.17) is 20.8 Å². The molecule has 0 N–H and O–H groups in total. The molecule has 0 aliphatic rings. The number of carbonyl (C=O) groups is 1. The van der Waals surface area contributed by atoms with Crippen molar-refractivity contribution < 1.29 is 13.9 Å². The summed E-state index contributed by atoms with van der Waals surface area (Å²) in [6, 6.07) is 18.8. The molecule has 3 aromatic carbocycles. The van der Waals surface area contributed by atoms with Gasteiger partial charge in [0.05, 0.1) is 10.9 Å². The smallest absolute Gasteiger partial charge is 0.343 e. The van der Waals surface area contributed by atoms with E-state index < -0.39 is 11.4 Å². The lowest BCUT2D eigenvalue weighted by molar-refractivity contribution is 0.0731. The zero-order valence-electron chi connectivity index (χ0n) is 15.2. The Hall–Kier alpha value is -2.89. The van der Waals surface area contributed by atoms with E-state index in [0.29, 0.717) is 27.1 Å². The van der Waals surface area contributed by atoms with Crippen LogP contribution in [0.2, 0.25) is 5.02 Å². The summed E-state index contributed by atoms with van der Waals surface area (Å²) >= 11 is 9.31. The zero-order chi connectivity index (χ0) is 20.5. The Labute approximate surface area is 179 Å². The monoisotopic (exact) mass is 468 g/mol. The number of fused-ring (bicyclic) bond motifs is 1. The fraction of sp³-hybridized carbons (Fsp3) is 0.0435. The molecule has 0 radical (unpaired) electrons. The van der Waals surface area contributed by atoms with Crippen molar-refractivity contribution in [2.24, 2.45) is 0 Å². The van der Waals surface area contributed by atoms with E-state index in [-0.39, 0.29) is 11.5 Å². The summed E-state index contributed by atoms with van der Waals surface area (Å²) in [5, 5.41) is 0.889. The first kappa shape index (κ1) is 19.4. The highest BCUT2D eigenvalue weighted by molar-refractivity contribution is 9.10. The topological polar surface area (TPSA) is 56.5 Å². The molecule has 0 aliphatic carbocycles. The van der Waals surface area contributed by atoms with E-state index in [9.17, 15) is 9.59 Å². The highest BCUT2D eigenvalue weighted by Gasteiger charge is 2.21. The van der Waals surface area contributed by atoms with Crippen molar-refractivity contribution in [3.8, 4) is 17.1 Å². The van der Waals surface area contributed by atoms with Gasteiger partial charge in [-0.1, -0.05) is 45.2 Å². The average Bonchev–Trinajstić information content (AvgIpc) is 2.71. The first-order valence-corrected chi connectivity index (χ1v) is 9.90. The Kier molecular flexibility index (Phi) is 5.26. The van der Waals surface area contributed by atoms with Crippen molar-refractivity contribution in [3.05, 3.63) is 97.6 Å². The van der Waals surface area contributed by atoms with E-state index in [0.717, 1.165) is 10.0 Å². The van der Waals surface area contributed by atoms with Crippen LogP contribution in [0.4, 0.5) is 0 Å². The molecule has 4 aromatic rings. The molecular weight excluding hydrogens is 456 g/mol. The Bertz CT molecular complexity index is 1290. The quantitative estimate of drug-likeness (QED) is 0.326. The van der Waals surface area contributed by atoms with Gasteiger partial charge in [-0.2, -0.15) is 0 Å². The SMILES string of the molecule is Cc1ccc2oc(-c3ccc(Cl)cc3)c(OC(=O)c3cccc(Br)c3)c(=O)c2c1. The number of esters is 1. The van der Waals surface area contributed by atoms with Crippen molar-refractivity contribution >= 4 is 44.5 Å². The molecule has 0 unspecified atom stereocenters. The largest absolute Gasteiger partial charge is 0.452 e. The highest BCUT2D eigenvalue weighted by Crippen LogP contribution is 2.32. The number of halogens is 2. The summed E-state index contributed by atoms with van der Waals surface area (Å²) in [5.74, 6) is -0.636. The van der Waals surface area contributed by atoms with Crippen LogP contribution in [0.5, 0.6) is 5.75 Å². The second-order valence-electron chi connectivity index (χ2n) is 6.50. The maximum atomic E-state index is 13.2. The van der Waals surface area contributed by atoms with Crippen LogP contribution in [0.15, 0.2) is 80.4 Å². The first-order chi connectivity index (χ1) is 13.9. The molecule has 4 nitrogen and oxygen atoms in total. The van der Waals surface area contributed by atoms with Gasteiger partial charge in [-0.15, -0.1) is 0 Å². The molecule has 1 heterocycles. The van der Waals surface area contributed by atoms with Crippen LogP contribution < -0.4 is 10.2 Å². The van der Waals surface area contributed by atoms with E-state index in [2.05, 4.69) is 15.9 Å². The number of hydrogen-bond donors (Lipinski definition) is 0. The Morgan fingerprint density at radius 3 is 2.52 bits per heavy atom. The van der Waals surface area contributed by atoms with Crippen molar-refractivity contribution in [2.45, 2.75) is 6.92 Å². The molecule has 0 amide bonds. The lowest BCUT2D eigenvalue weighted by Gasteiger charge is -2.11. The number of hydrogen-bond acceptors (Lipinski definition) is 4. The molecule has 0 atom stereocenters. The predicted molar refractivity (Wildman–Crippen MR) is 117 cm³/mol. The molecule has 29 heavy (non-hydrogen) atoms. The molecule has 0 fully saturated rings. The minimum atomic E-state index is -0.652. The molecule has 0 spiro atoms. The maximum Gasteiger partial charge on any atom is 0.343 e. The van der Waals surface area contributed by atoms with Gasteiger partial charge in [0.1, 0.15) is 5.58 Å². The number of carbonyl (C=O) groups excluding carboxylic acids is 1. The zero-order valence-corrected chi connectivity index (χ0v) is 17.6. The molecule has 0 aliphatic heterocycles. The van der Waals surface area contributed by atoms with Crippen molar-refractivity contribution in [2.75, 3.05) is 0 Å². The van der Waals surface area contributed by atoms with E-state index in [1.54, 1.807) is 60.7 Å². The lowest BCUT2D eigenvalue weighted by atomic mass is 10.1. The van der Waals surface area contributed by atoms with Gasteiger partial charge in [0.2, 0.25) is 11.2 Å². The van der Waals surface area contributed by atoms with Crippen molar-refractivity contribution in [3.63, 3.8) is 0 Å². The molecule has 4 rings (SSSR count). The maximum absolute atomic E-state index is 13.2. The third-order valence-electron chi connectivity index (χ3n) is 4.37. The van der Waals surface area contributed by atoms with Crippen LogP contribution >= 0.6 is 27.5 Å². The number of ether oxygens (including phenoxy) is 1. The third-order valence-corrected chi connectivity index (χ3v) is 5.11. The summed E-state index contributed by atoms with van der Waals surface area (Å²) < 4.78 is 12.3. The van der Waals surface area contributed by atoms with Gasteiger partial charge in [-0.25, -0.2) is 4.79 Å². The summed E-state index contributed by atoms with van der Waals surface area (Å²) in [6.07, 6.45) is 0. The average molecular weight is 470 g/mol. The summed E-state index contributed by atoms with van der Waals surface area (Å²) in [7, 11) is 0. The summed E-state index contributed by atoms with van der Waals surface area (Å²) in [6.45, 7) is 1.87. The normalized spacial score (nSPS) is 10.9. The van der Waals surface area contributed by atoms with Gasteiger partial charge in [0.25, 0.3) is 0 Å². The van der Waals surface area contributed by atoms with Crippen LogP contribution in [0.3, 0.4) is 0 Å². The number of benzene rings is 3. The Morgan fingerprint density at radius 1 is 1.03 bits per heavy atom. The molecular formula is C23H14BrClO4. The second-order valence-corrected chi connectivity index (χ2v) is 7.85. The van der Waals surface area contributed by atoms with Crippen LogP contribution in [0.1, 0.15) is 15.9 Å². The van der Waals surface area contributed by atoms with E-state index >= 15 is 0 Å². The highest BCUT2D eigenvalue weighted by atomic mass is 79.9. The van der Waals surface area contributed by atoms with Gasteiger partial charge in [0.15, 0.2) is 5.76 Å². The second kappa shape index (κ2) is 7.85. The molecule has 0 saturated carbocycles. The van der Waals surface area contributed by atoms with Gasteiger partial charge in [-0.3, -0.25) is 4.79 Å². The van der Waals surface area contributed by atoms with E-state index in [1.807, 2.05) is 13.0 Å². The molecule has 1 aromatic heterocycles. The molecule has 0 saturated heterocycles. The molecule has 0 bridgehead atoms. The Morgan fingerprint density at radius 2 is 1.79 bits per heavy atom. The fourth-order valence-corrected chi connectivity index (χ4v) is 3.47. The van der Waals surface area contributed by atoms with Crippen molar-refractivity contribution in [1.29, 1.82) is 0 Å². The third kappa shape index (κ3) is 3.97. The summed E-state index contributed by atoms with van der Waals surface area (Å²) in [4.78, 5) is 25.9. The van der Waals surface area contributed by atoms with Crippen molar-refractivity contribution in [1.82, 2.24) is 0 Å². The van der Waals surface area contributed by atoms with Crippen LogP contribution in [-0.2, 0) is 0 Å². The van der Waals surface area contributed by atoms with Gasteiger partial charge < -0.3 is 9.15 Å². The van der Waals surface area contributed by atoms with Gasteiger partial charge in [-0.05, 0) is 61.5 Å². The number of aryl methyl sites for hydroxylation is 1. The minimum absolute atomic E-state index is 0.157. The first-order valence-electron chi connectivity index (χ1n) is 8.73. The van der Waals surface area contributed by atoms with E-state index in [1.165, 1.54) is 0 Å². The Balaban J connectivity index is 1.91. The predicted octanol–water partition coefficient (Wildman–Crippen LogP) is 6.40. The lowest BCUT2D eigenvalue weighted by Crippen LogP contribution is -2.16. The van der Waals surface area contributed by atoms with Crippen LogP contribution in [0, 0.1) is 6.92 Å². The number of rotatable bonds is 3. The van der Waals surface area contributed by atoms with Crippen LogP contribution in [-0.4, -0.2) is 5.97 Å². The van der Waals surface area contributed by atoms with Gasteiger partial charge >= 0.3 is 5.97 Å². The molecule has 6 heteroatoms. The fourth-order valence-electron chi connectivity index (χ4n) is 2.94. The minimum Gasteiger partial charge on any atom is -0.452 e. The van der Waals surface area contributed by atoms with Gasteiger partial charge in [0, 0.05) is 15.1 Å². The molecule has 144 valence electrons.